The van der Waals surface area contributed by atoms with Crippen molar-refractivity contribution in [3.63, 3.8) is 0 Å². The molecule has 2 N–H and O–H groups in total. The standard InChI is InChI=1S/C22H18FN5O3/c23-14-4-1-3-13(9-14)10-24-20-16-7-8-31-12-18(16)26-22(27-20)28-19-6-2-5-15(21(29)30)17(19)11-25-28/h1-6,9,11H,7-8,10,12H2,(H,29,30)(H,24,26,27). The molecule has 5 rings (SSSR count). The number of ether oxygens (including phenoxy) is 1. The summed E-state index contributed by atoms with van der Waals surface area (Å²) in [4.78, 5) is 20.8. The number of fused-ring (bicyclic) bond motifs is 2. The van der Waals surface area contributed by atoms with Crippen LogP contribution in [0.15, 0.2) is 48.7 Å². The Morgan fingerprint density at radius 3 is 2.94 bits per heavy atom. The van der Waals surface area contributed by atoms with Crippen LogP contribution in [0.1, 0.15) is 27.2 Å². The number of hydrogen-bond donors (Lipinski definition) is 2. The molecule has 4 aromatic rings. The Balaban J connectivity index is 1.57. The van der Waals surface area contributed by atoms with Gasteiger partial charge >= 0.3 is 5.97 Å². The topological polar surface area (TPSA) is 102 Å². The monoisotopic (exact) mass is 419 g/mol. The number of benzene rings is 2. The van der Waals surface area contributed by atoms with Gasteiger partial charge in [-0.2, -0.15) is 14.8 Å². The molecule has 0 saturated carbocycles. The van der Waals surface area contributed by atoms with Crippen molar-refractivity contribution in [1.29, 1.82) is 0 Å². The number of anilines is 1. The van der Waals surface area contributed by atoms with E-state index in [9.17, 15) is 14.3 Å². The zero-order valence-electron chi connectivity index (χ0n) is 16.4. The lowest BCUT2D eigenvalue weighted by Crippen LogP contribution is -2.19. The normalized spacial score (nSPS) is 13.2. The lowest BCUT2D eigenvalue weighted by molar-refractivity contribution is 0.0699. The molecular weight excluding hydrogens is 401 g/mol. The smallest absolute Gasteiger partial charge is 0.336 e. The Hall–Kier alpha value is -3.85. The van der Waals surface area contributed by atoms with Crippen LogP contribution in [0, 0.1) is 5.82 Å². The second kappa shape index (κ2) is 7.77. The van der Waals surface area contributed by atoms with Gasteiger partial charge in [0.2, 0.25) is 0 Å². The van der Waals surface area contributed by atoms with Gasteiger partial charge in [-0.15, -0.1) is 0 Å². The van der Waals surface area contributed by atoms with Gasteiger partial charge in [-0.1, -0.05) is 18.2 Å². The molecule has 2 aromatic heterocycles. The molecule has 156 valence electrons. The van der Waals surface area contributed by atoms with Gasteiger partial charge in [0.25, 0.3) is 5.95 Å². The molecular formula is C22H18FN5O3. The van der Waals surface area contributed by atoms with Crippen LogP contribution in [0.25, 0.3) is 16.9 Å². The van der Waals surface area contributed by atoms with Crippen molar-refractivity contribution < 1.29 is 19.0 Å². The summed E-state index contributed by atoms with van der Waals surface area (Å²) in [7, 11) is 0. The van der Waals surface area contributed by atoms with E-state index in [1.54, 1.807) is 18.2 Å². The van der Waals surface area contributed by atoms with Gasteiger partial charge in [0.15, 0.2) is 0 Å². The molecule has 1 aliphatic rings. The first-order chi connectivity index (χ1) is 15.1. The average Bonchev–Trinajstić information content (AvgIpc) is 3.21. The molecule has 0 saturated heterocycles. The zero-order chi connectivity index (χ0) is 21.4. The molecule has 8 nitrogen and oxygen atoms in total. The van der Waals surface area contributed by atoms with E-state index in [1.807, 2.05) is 6.07 Å². The second-order valence-corrected chi connectivity index (χ2v) is 7.18. The fourth-order valence-corrected chi connectivity index (χ4v) is 3.71. The number of nitrogens with zero attached hydrogens (tertiary/aromatic N) is 4. The summed E-state index contributed by atoms with van der Waals surface area (Å²) in [5, 5.41) is 17.6. The summed E-state index contributed by atoms with van der Waals surface area (Å²) in [5.74, 6) is -0.383. The molecule has 0 bridgehead atoms. The van der Waals surface area contributed by atoms with E-state index in [-0.39, 0.29) is 11.4 Å². The summed E-state index contributed by atoms with van der Waals surface area (Å²) < 4.78 is 20.6. The van der Waals surface area contributed by atoms with Crippen LogP contribution >= 0.6 is 0 Å². The quantitative estimate of drug-likeness (QED) is 0.511. The third-order valence-corrected chi connectivity index (χ3v) is 5.20. The predicted molar refractivity (Wildman–Crippen MR) is 111 cm³/mol. The first-order valence-electron chi connectivity index (χ1n) is 9.76. The van der Waals surface area contributed by atoms with E-state index < -0.39 is 5.97 Å². The van der Waals surface area contributed by atoms with Crippen molar-refractivity contribution in [3.05, 3.63) is 76.9 Å². The lowest BCUT2D eigenvalue weighted by Gasteiger charge is -2.20. The molecule has 2 aromatic carbocycles. The minimum absolute atomic E-state index is 0.162. The summed E-state index contributed by atoms with van der Waals surface area (Å²) >= 11 is 0. The number of aromatic nitrogens is 4. The minimum Gasteiger partial charge on any atom is -0.478 e. The third kappa shape index (κ3) is 3.59. The molecule has 0 amide bonds. The second-order valence-electron chi connectivity index (χ2n) is 7.18. The average molecular weight is 419 g/mol. The Morgan fingerprint density at radius 1 is 1.23 bits per heavy atom. The molecule has 9 heteroatoms. The molecule has 0 atom stereocenters. The Morgan fingerprint density at radius 2 is 2.10 bits per heavy atom. The summed E-state index contributed by atoms with van der Waals surface area (Å²) in [6, 6.07) is 11.3. The van der Waals surface area contributed by atoms with Crippen LogP contribution in [0.3, 0.4) is 0 Å². The van der Waals surface area contributed by atoms with Crippen LogP contribution in [0.4, 0.5) is 10.2 Å². The van der Waals surface area contributed by atoms with Gasteiger partial charge in [0.1, 0.15) is 11.6 Å². The molecule has 0 fully saturated rings. The number of rotatable bonds is 5. The maximum Gasteiger partial charge on any atom is 0.336 e. The lowest BCUT2D eigenvalue weighted by atomic mass is 10.1. The fourth-order valence-electron chi connectivity index (χ4n) is 3.71. The maximum absolute atomic E-state index is 13.5. The number of halogens is 1. The van der Waals surface area contributed by atoms with Gasteiger partial charge < -0.3 is 15.2 Å². The van der Waals surface area contributed by atoms with Crippen molar-refractivity contribution in [2.45, 2.75) is 19.6 Å². The van der Waals surface area contributed by atoms with Crippen LogP contribution in [0.2, 0.25) is 0 Å². The maximum atomic E-state index is 13.5. The minimum atomic E-state index is -1.03. The number of nitrogens with one attached hydrogen (secondary N) is 1. The van der Waals surface area contributed by atoms with Gasteiger partial charge in [-0.05, 0) is 29.8 Å². The van der Waals surface area contributed by atoms with E-state index in [0.717, 1.165) is 16.8 Å². The predicted octanol–water partition coefficient (Wildman–Crippen LogP) is 3.34. The number of carbonyl (C=O) groups is 1. The van der Waals surface area contributed by atoms with Crippen LogP contribution < -0.4 is 5.32 Å². The summed E-state index contributed by atoms with van der Waals surface area (Å²) in [5.41, 5.74) is 3.24. The molecule has 0 radical (unpaired) electrons. The van der Waals surface area contributed by atoms with E-state index in [0.29, 0.717) is 48.8 Å². The Kier molecular flexibility index (Phi) is 4.79. The highest BCUT2D eigenvalue weighted by molar-refractivity contribution is 6.02. The van der Waals surface area contributed by atoms with Crippen molar-refractivity contribution >= 4 is 22.7 Å². The van der Waals surface area contributed by atoms with Gasteiger partial charge in [0, 0.05) is 23.9 Å². The summed E-state index contributed by atoms with van der Waals surface area (Å²) in [6.07, 6.45) is 2.15. The molecule has 1 aliphatic heterocycles. The van der Waals surface area contributed by atoms with E-state index >= 15 is 0 Å². The zero-order valence-corrected chi connectivity index (χ0v) is 16.4. The first-order valence-corrected chi connectivity index (χ1v) is 9.76. The molecule has 0 unspecified atom stereocenters. The van der Waals surface area contributed by atoms with E-state index in [2.05, 4.69) is 20.4 Å². The highest BCUT2D eigenvalue weighted by Crippen LogP contribution is 2.26. The van der Waals surface area contributed by atoms with Crippen molar-refractivity contribution in [2.24, 2.45) is 0 Å². The Bertz CT molecular complexity index is 1300. The van der Waals surface area contributed by atoms with Crippen molar-refractivity contribution in [1.82, 2.24) is 19.7 Å². The van der Waals surface area contributed by atoms with Gasteiger partial charge in [-0.3, -0.25) is 0 Å². The Labute approximate surface area is 176 Å². The number of carboxylic acids is 1. The largest absolute Gasteiger partial charge is 0.478 e. The number of carboxylic acid groups (broad SMARTS) is 1. The first kappa shape index (κ1) is 19.1. The SMILES string of the molecule is O=C(O)c1cccc2c1cnn2-c1nc2c(c(NCc3cccc(F)c3)n1)CCOC2. The van der Waals surface area contributed by atoms with Crippen LogP contribution in [0.5, 0.6) is 0 Å². The molecule has 0 aliphatic carbocycles. The number of aromatic carboxylic acids is 1. The highest BCUT2D eigenvalue weighted by atomic mass is 19.1. The summed E-state index contributed by atoms with van der Waals surface area (Å²) in [6.45, 7) is 1.31. The van der Waals surface area contributed by atoms with E-state index in [1.165, 1.54) is 29.1 Å². The van der Waals surface area contributed by atoms with Crippen LogP contribution in [-0.2, 0) is 24.3 Å². The molecule has 31 heavy (non-hydrogen) atoms. The van der Waals surface area contributed by atoms with Gasteiger partial charge in [-0.25, -0.2) is 14.2 Å². The number of hydrogen-bond acceptors (Lipinski definition) is 6. The van der Waals surface area contributed by atoms with Crippen molar-refractivity contribution in [3.8, 4) is 5.95 Å². The third-order valence-electron chi connectivity index (χ3n) is 5.20. The van der Waals surface area contributed by atoms with Crippen molar-refractivity contribution in [2.75, 3.05) is 11.9 Å². The van der Waals surface area contributed by atoms with Gasteiger partial charge in [0.05, 0.1) is 36.2 Å². The fraction of sp³-hybridized carbons (Fsp3) is 0.182. The molecule has 3 heterocycles. The highest BCUT2D eigenvalue weighted by Gasteiger charge is 2.21. The van der Waals surface area contributed by atoms with Crippen LogP contribution in [-0.4, -0.2) is 37.4 Å². The van der Waals surface area contributed by atoms with E-state index in [4.69, 9.17) is 4.74 Å². The molecule has 0 spiro atoms.